The first-order valence-corrected chi connectivity index (χ1v) is 6.60. The topological polar surface area (TPSA) is 44.7 Å². The lowest BCUT2D eigenvalue weighted by Gasteiger charge is -2.32. The minimum absolute atomic E-state index is 0.283. The van der Waals surface area contributed by atoms with Crippen LogP contribution in [0, 0.1) is 0 Å². The molecule has 1 aromatic carbocycles. The highest BCUT2D eigenvalue weighted by Gasteiger charge is 2.17. The average molecular weight is 250 g/mol. The van der Waals surface area contributed by atoms with Crippen molar-refractivity contribution in [3.63, 3.8) is 0 Å². The average Bonchev–Trinajstić information content (AvgIpc) is 2.35. The number of aromatic hydroxyl groups is 1. The Labute approximate surface area is 109 Å². The number of phenolic OH excluding ortho intramolecular Hbond substituents is 1. The van der Waals surface area contributed by atoms with Crippen LogP contribution in [-0.2, 0) is 6.54 Å². The summed E-state index contributed by atoms with van der Waals surface area (Å²) in [5.74, 6) is 0.865. The van der Waals surface area contributed by atoms with Crippen LogP contribution >= 0.6 is 0 Å². The zero-order valence-electron chi connectivity index (χ0n) is 11.1. The van der Waals surface area contributed by atoms with Crippen LogP contribution < -0.4 is 10.1 Å². The number of nitrogens with one attached hydrogen (secondary N) is 1. The molecule has 0 spiro atoms. The summed E-state index contributed by atoms with van der Waals surface area (Å²) in [5.41, 5.74) is 0.940. The van der Waals surface area contributed by atoms with E-state index in [1.54, 1.807) is 0 Å². The van der Waals surface area contributed by atoms with Gasteiger partial charge in [-0.25, -0.2) is 0 Å². The lowest BCUT2D eigenvalue weighted by atomic mass is 10.1. The Morgan fingerprint density at radius 1 is 1.50 bits per heavy atom. The first-order chi connectivity index (χ1) is 8.70. The van der Waals surface area contributed by atoms with Gasteiger partial charge in [0, 0.05) is 37.8 Å². The Hall–Kier alpha value is -1.26. The minimum Gasteiger partial charge on any atom is -0.504 e. The monoisotopic (exact) mass is 250 g/mol. The summed E-state index contributed by atoms with van der Waals surface area (Å²) >= 11 is 0. The highest BCUT2D eigenvalue weighted by Crippen LogP contribution is 2.30. The van der Waals surface area contributed by atoms with Gasteiger partial charge in [-0.2, -0.15) is 0 Å². The van der Waals surface area contributed by atoms with Crippen molar-refractivity contribution < 1.29 is 9.84 Å². The number of hydrogen-bond acceptors (Lipinski definition) is 4. The number of hydrogen-bond donors (Lipinski definition) is 2. The van der Waals surface area contributed by atoms with Crippen LogP contribution in [0.2, 0.25) is 0 Å². The van der Waals surface area contributed by atoms with Crippen molar-refractivity contribution in [2.45, 2.75) is 26.4 Å². The van der Waals surface area contributed by atoms with Crippen molar-refractivity contribution >= 4 is 0 Å². The van der Waals surface area contributed by atoms with Gasteiger partial charge in [-0.05, 0) is 19.9 Å². The molecule has 1 fully saturated rings. The first kappa shape index (κ1) is 13.2. The van der Waals surface area contributed by atoms with Gasteiger partial charge in [-0.3, -0.25) is 4.90 Å². The van der Waals surface area contributed by atoms with Crippen LogP contribution in [0.5, 0.6) is 11.5 Å². The van der Waals surface area contributed by atoms with Gasteiger partial charge in [0.2, 0.25) is 0 Å². The number of piperazine rings is 1. The largest absolute Gasteiger partial charge is 0.504 e. The second-order valence-corrected chi connectivity index (χ2v) is 4.79. The summed E-state index contributed by atoms with van der Waals surface area (Å²) in [6.45, 7) is 8.49. The molecule has 100 valence electrons. The van der Waals surface area contributed by atoms with E-state index in [0.29, 0.717) is 18.4 Å². The number of phenols is 1. The van der Waals surface area contributed by atoms with Crippen LogP contribution in [-0.4, -0.2) is 42.3 Å². The van der Waals surface area contributed by atoms with Crippen molar-refractivity contribution in [1.82, 2.24) is 10.2 Å². The zero-order chi connectivity index (χ0) is 13.0. The first-order valence-electron chi connectivity index (χ1n) is 6.60. The minimum atomic E-state index is 0.283. The van der Waals surface area contributed by atoms with Gasteiger partial charge < -0.3 is 15.2 Å². The van der Waals surface area contributed by atoms with E-state index >= 15 is 0 Å². The van der Waals surface area contributed by atoms with Crippen molar-refractivity contribution in [2.24, 2.45) is 0 Å². The Kier molecular flexibility index (Phi) is 4.44. The molecule has 0 bridgehead atoms. The normalized spacial score (nSPS) is 20.9. The molecule has 1 unspecified atom stereocenters. The standard InChI is InChI=1S/C14H22N2O2/c1-3-18-13-6-4-5-12(14(13)17)10-16-8-7-15-11(2)9-16/h4-6,11,15,17H,3,7-10H2,1-2H3. The number of benzene rings is 1. The predicted molar refractivity (Wildman–Crippen MR) is 72.0 cm³/mol. The fourth-order valence-corrected chi connectivity index (χ4v) is 2.36. The molecule has 0 aliphatic carbocycles. The molecule has 1 saturated heterocycles. The smallest absolute Gasteiger partial charge is 0.162 e. The van der Waals surface area contributed by atoms with Crippen LogP contribution in [0.3, 0.4) is 0 Å². The van der Waals surface area contributed by atoms with Gasteiger partial charge >= 0.3 is 0 Å². The van der Waals surface area contributed by atoms with Crippen LogP contribution in [0.1, 0.15) is 19.4 Å². The van der Waals surface area contributed by atoms with E-state index in [-0.39, 0.29) is 5.75 Å². The molecule has 0 aromatic heterocycles. The molecule has 4 heteroatoms. The molecule has 0 amide bonds. The molecule has 1 atom stereocenters. The van der Waals surface area contributed by atoms with Crippen molar-refractivity contribution in [1.29, 1.82) is 0 Å². The maximum atomic E-state index is 10.1. The van der Waals surface area contributed by atoms with E-state index in [1.165, 1.54) is 0 Å². The number of rotatable bonds is 4. The Bertz CT molecular complexity index is 395. The predicted octanol–water partition coefficient (Wildman–Crippen LogP) is 1.58. The lowest BCUT2D eigenvalue weighted by molar-refractivity contribution is 0.197. The van der Waals surface area contributed by atoms with E-state index in [4.69, 9.17) is 4.74 Å². The molecule has 1 aliphatic rings. The fraction of sp³-hybridized carbons (Fsp3) is 0.571. The second kappa shape index (κ2) is 6.07. The van der Waals surface area contributed by atoms with Crippen LogP contribution in [0.25, 0.3) is 0 Å². The molecule has 2 rings (SSSR count). The van der Waals surface area contributed by atoms with Gasteiger partial charge in [-0.15, -0.1) is 0 Å². The SMILES string of the molecule is CCOc1cccc(CN2CCNC(C)C2)c1O. The number of nitrogens with zero attached hydrogens (tertiary/aromatic N) is 1. The van der Waals surface area contributed by atoms with Crippen LogP contribution in [0.4, 0.5) is 0 Å². The summed E-state index contributed by atoms with van der Waals surface area (Å²) in [7, 11) is 0. The van der Waals surface area contributed by atoms with Crippen molar-refractivity contribution in [3.05, 3.63) is 23.8 Å². The van der Waals surface area contributed by atoms with E-state index in [9.17, 15) is 5.11 Å². The molecular formula is C14H22N2O2. The second-order valence-electron chi connectivity index (χ2n) is 4.79. The molecule has 1 aromatic rings. The maximum absolute atomic E-state index is 10.1. The Morgan fingerprint density at radius 2 is 2.33 bits per heavy atom. The molecule has 0 radical (unpaired) electrons. The fourth-order valence-electron chi connectivity index (χ4n) is 2.36. The third-order valence-corrected chi connectivity index (χ3v) is 3.23. The van der Waals surface area contributed by atoms with Gasteiger partial charge in [-0.1, -0.05) is 12.1 Å². The quantitative estimate of drug-likeness (QED) is 0.851. The van der Waals surface area contributed by atoms with Gasteiger partial charge in [0.15, 0.2) is 11.5 Å². The molecule has 1 heterocycles. The zero-order valence-corrected chi connectivity index (χ0v) is 11.1. The van der Waals surface area contributed by atoms with E-state index in [2.05, 4.69) is 17.1 Å². The highest BCUT2D eigenvalue weighted by atomic mass is 16.5. The Balaban J connectivity index is 2.06. The van der Waals surface area contributed by atoms with Crippen LogP contribution in [0.15, 0.2) is 18.2 Å². The molecule has 18 heavy (non-hydrogen) atoms. The summed E-state index contributed by atoms with van der Waals surface area (Å²) in [6.07, 6.45) is 0. The number of para-hydroxylation sites is 1. The molecular weight excluding hydrogens is 228 g/mol. The molecule has 0 saturated carbocycles. The Morgan fingerprint density at radius 3 is 3.06 bits per heavy atom. The van der Waals surface area contributed by atoms with Crippen molar-refractivity contribution in [3.8, 4) is 11.5 Å². The lowest BCUT2D eigenvalue weighted by Crippen LogP contribution is -2.48. The maximum Gasteiger partial charge on any atom is 0.162 e. The van der Waals surface area contributed by atoms with Gasteiger partial charge in [0.1, 0.15) is 0 Å². The van der Waals surface area contributed by atoms with E-state index < -0.39 is 0 Å². The third-order valence-electron chi connectivity index (χ3n) is 3.23. The van der Waals surface area contributed by atoms with Gasteiger partial charge in [0.25, 0.3) is 0 Å². The molecule has 1 aliphatic heterocycles. The van der Waals surface area contributed by atoms with E-state index in [0.717, 1.165) is 31.7 Å². The summed E-state index contributed by atoms with van der Waals surface area (Å²) < 4.78 is 5.41. The highest BCUT2D eigenvalue weighted by molar-refractivity contribution is 5.45. The van der Waals surface area contributed by atoms with Crippen molar-refractivity contribution in [2.75, 3.05) is 26.2 Å². The summed E-state index contributed by atoms with van der Waals surface area (Å²) in [6, 6.07) is 6.22. The molecule has 4 nitrogen and oxygen atoms in total. The molecule has 2 N–H and O–H groups in total. The number of ether oxygens (including phenoxy) is 1. The summed E-state index contributed by atoms with van der Waals surface area (Å²) in [5, 5.41) is 13.6. The summed E-state index contributed by atoms with van der Waals surface area (Å²) in [4.78, 5) is 2.35. The van der Waals surface area contributed by atoms with Gasteiger partial charge in [0.05, 0.1) is 6.61 Å². The van der Waals surface area contributed by atoms with E-state index in [1.807, 2.05) is 25.1 Å². The third kappa shape index (κ3) is 3.15.